The molecule has 0 fully saturated rings. The minimum Gasteiger partial charge on any atom is -0.477 e. The van der Waals surface area contributed by atoms with Crippen LogP contribution in [0.4, 0.5) is 0 Å². The number of carbonyl (C=O) groups is 10. The molecule has 20 heteroatoms. The highest BCUT2D eigenvalue weighted by molar-refractivity contribution is 6.53. The first-order valence-corrected chi connectivity index (χ1v) is 15.9. The van der Waals surface area contributed by atoms with E-state index in [1.165, 1.54) is 12.2 Å². The van der Waals surface area contributed by atoms with Crippen molar-refractivity contribution < 1.29 is 76.7 Å². The summed E-state index contributed by atoms with van der Waals surface area (Å²) in [6.07, 6.45) is 2.70. The van der Waals surface area contributed by atoms with Gasteiger partial charge < -0.3 is 38.8 Å². The number of aromatic carboxylic acids is 1. The zero-order valence-electron chi connectivity index (χ0n) is 29.8. The topological polar surface area (TPSA) is 294 Å². The number of carboxylic acid groups (broad SMARTS) is 1. The molecule has 0 saturated carbocycles. The first-order chi connectivity index (χ1) is 27.1. The number of hydrogen-bond acceptors (Lipinski definition) is 17. The van der Waals surface area contributed by atoms with Crippen molar-refractivity contribution in [2.45, 2.75) is 0 Å². The lowest BCUT2D eigenvalue weighted by molar-refractivity contribution is 0.0534. The van der Waals surface area contributed by atoms with Gasteiger partial charge >= 0.3 is 35.8 Å². The summed E-state index contributed by atoms with van der Waals surface area (Å²) in [7, 11) is 3.27. The molecule has 0 radical (unpaired) electrons. The van der Waals surface area contributed by atoms with E-state index >= 15 is 0 Å². The fourth-order valence-corrected chi connectivity index (χ4v) is 5.55. The average Bonchev–Trinajstić information content (AvgIpc) is 3.88. The molecule has 0 spiro atoms. The number of Topliss-reactive ketones (excluding diaryl/α,β-unsaturated/α-hetero) is 4. The van der Waals surface area contributed by atoms with Crippen LogP contribution in [0.1, 0.15) is 104 Å². The molecule has 0 bridgehead atoms. The number of esters is 5. The van der Waals surface area contributed by atoms with E-state index in [1.807, 2.05) is 0 Å². The van der Waals surface area contributed by atoms with Gasteiger partial charge in [0.05, 0.1) is 55.0 Å². The van der Waals surface area contributed by atoms with Gasteiger partial charge in [-0.2, -0.15) is 0 Å². The second kappa shape index (κ2) is 16.1. The minimum atomic E-state index is -1.50. The SMILES string of the molecule is C=CCOC(=O)c1cc2c([nH]1)-c1c(C(=O)OC)cc(C(=O)O)nc1C(=O)C2=O.C=CCOC(=O)c1cc2c([nH]1)-c1c(C(=O)OC)cc(C(=O)OC)nc1C(=O)C2=O. The molecule has 4 heterocycles. The van der Waals surface area contributed by atoms with Gasteiger partial charge in [-0.3, -0.25) is 19.2 Å². The lowest BCUT2D eigenvalue weighted by atomic mass is 9.88. The van der Waals surface area contributed by atoms with Crippen LogP contribution in [0.5, 0.6) is 0 Å². The number of H-pyrrole nitrogens is 2. The molecule has 0 atom stereocenters. The van der Waals surface area contributed by atoms with Gasteiger partial charge in [0.2, 0.25) is 11.6 Å². The van der Waals surface area contributed by atoms with E-state index in [0.717, 1.165) is 45.6 Å². The van der Waals surface area contributed by atoms with E-state index in [2.05, 4.69) is 42.6 Å². The van der Waals surface area contributed by atoms with Crippen molar-refractivity contribution in [3.63, 3.8) is 0 Å². The molecule has 4 aromatic heterocycles. The van der Waals surface area contributed by atoms with E-state index in [1.54, 1.807) is 0 Å². The number of ether oxygens (including phenoxy) is 5. The van der Waals surface area contributed by atoms with Crippen LogP contribution < -0.4 is 0 Å². The number of carbonyl (C=O) groups excluding carboxylic acids is 9. The Balaban J connectivity index is 0.000000218. The van der Waals surface area contributed by atoms with Crippen LogP contribution in [0.15, 0.2) is 49.6 Å². The summed E-state index contributed by atoms with van der Waals surface area (Å²) in [5.74, 6) is -9.97. The van der Waals surface area contributed by atoms with Crippen molar-refractivity contribution in [2.75, 3.05) is 34.5 Å². The summed E-state index contributed by atoms with van der Waals surface area (Å²) in [6, 6.07) is 4.28. The van der Waals surface area contributed by atoms with Crippen molar-refractivity contribution in [1.82, 2.24) is 19.9 Å². The fraction of sp³-hybridized carbons (Fsp3) is 0.135. The standard InChI is InChI=1S/C19H14N2O8.C18H12N2O8/c1-4-5-29-19(26)11-7-9-13(20-11)12-8(17(24)27-2)6-10(18(25)28-3)21-14(12)16(23)15(9)22;1-3-4-28-18(26)10-6-8-12(20-10)11-7(17(25)27-2)5-9(16(23)24)19-13(11)15(22)14(8)21/h4,6-7,20H,1,5H2,2-3H3;3,5-6,20H,1,4H2,2H3,(H,23,24). The summed E-state index contributed by atoms with van der Waals surface area (Å²) < 4.78 is 23.7. The molecule has 0 unspecified atom stereocenters. The number of nitrogens with zero attached hydrogens (tertiary/aromatic N) is 2. The lowest BCUT2D eigenvalue weighted by Gasteiger charge is -2.17. The third-order valence-corrected chi connectivity index (χ3v) is 8.03. The molecule has 0 amide bonds. The first kappa shape index (κ1) is 40.0. The van der Waals surface area contributed by atoms with Crippen molar-refractivity contribution >= 4 is 58.9 Å². The molecule has 3 N–H and O–H groups in total. The molecule has 4 aromatic rings. The number of hydrogen-bond donors (Lipinski definition) is 3. The number of methoxy groups -OCH3 is 3. The number of ketones is 4. The average molecular weight is 783 g/mol. The Kier molecular flexibility index (Phi) is 11.3. The zero-order chi connectivity index (χ0) is 41.9. The van der Waals surface area contributed by atoms with E-state index in [4.69, 9.17) is 14.2 Å². The number of aromatic amines is 2. The van der Waals surface area contributed by atoms with Crippen LogP contribution in [-0.4, -0.2) is 119 Å². The first-order valence-electron chi connectivity index (χ1n) is 15.9. The van der Waals surface area contributed by atoms with Crippen LogP contribution in [0.2, 0.25) is 0 Å². The number of pyridine rings is 2. The molecule has 57 heavy (non-hydrogen) atoms. The maximum atomic E-state index is 12.6. The van der Waals surface area contributed by atoms with Gasteiger partial charge in [0.15, 0.2) is 0 Å². The lowest BCUT2D eigenvalue weighted by Crippen LogP contribution is -2.25. The Hall–Kier alpha value is -8.16. The fourth-order valence-electron chi connectivity index (χ4n) is 5.55. The van der Waals surface area contributed by atoms with Gasteiger partial charge in [-0.15, -0.1) is 0 Å². The van der Waals surface area contributed by atoms with E-state index < -0.39 is 76.0 Å². The van der Waals surface area contributed by atoms with Gasteiger partial charge in [-0.1, -0.05) is 25.3 Å². The van der Waals surface area contributed by atoms with Crippen molar-refractivity contribution in [1.29, 1.82) is 0 Å². The summed E-state index contributed by atoms with van der Waals surface area (Å²) in [5.41, 5.74) is -3.17. The van der Waals surface area contributed by atoms with E-state index in [9.17, 15) is 53.1 Å². The Morgan fingerprint density at radius 1 is 0.596 bits per heavy atom. The quantitative estimate of drug-likeness (QED) is 0.0901. The largest absolute Gasteiger partial charge is 0.477 e. The molecule has 2 aliphatic rings. The van der Waals surface area contributed by atoms with Gasteiger partial charge in [-0.25, -0.2) is 38.7 Å². The predicted molar refractivity (Wildman–Crippen MR) is 187 cm³/mol. The van der Waals surface area contributed by atoms with Crippen LogP contribution in [0, 0.1) is 0 Å². The molecule has 290 valence electrons. The van der Waals surface area contributed by atoms with Crippen LogP contribution in [-0.2, 0) is 23.7 Å². The third-order valence-electron chi connectivity index (χ3n) is 8.03. The Morgan fingerprint density at radius 3 is 1.35 bits per heavy atom. The molecular weight excluding hydrogens is 756 g/mol. The molecule has 6 rings (SSSR count). The predicted octanol–water partition coefficient (Wildman–Crippen LogP) is 2.66. The molecule has 0 saturated heterocycles. The molecule has 0 aromatic carbocycles. The molecule has 20 nitrogen and oxygen atoms in total. The Morgan fingerprint density at radius 2 is 0.982 bits per heavy atom. The van der Waals surface area contributed by atoms with Crippen LogP contribution >= 0.6 is 0 Å². The maximum Gasteiger partial charge on any atom is 0.356 e. The number of aromatic nitrogens is 4. The van der Waals surface area contributed by atoms with Gasteiger partial charge in [0.25, 0.3) is 11.6 Å². The molecule has 0 aliphatic heterocycles. The highest BCUT2D eigenvalue weighted by atomic mass is 16.5. The second-order valence-corrected chi connectivity index (χ2v) is 11.4. The van der Waals surface area contributed by atoms with Crippen LogP contribution in [0.25, 0.3) is 22.5 Å². The highest BCUT2D eigenvalue weighted by Crippen LogP contribution is 2.38. The van der Waals surface area contributed by atoms with E-state index in [0.29, 0.717) is 0 Å². The number of nitrogens with one attached hydrogen (secondary N) is 2. The summed E-state index contributed by atoms with van der Waals surface area (Å²) >= 11 is 0. The Bertz CT molecular complexity index is 2520. The summed E-state index contributed by atoms with van der Waals surface area (Å²) in [6.45, 7) is 6.70. The van der Waals surface area contributed by atoms with Crippen molar-refractivity contribution in [3.8, 4) is 22.5 Å². The summed E-state index contributed by atoms with van der Waals surface area (Å²) in [5, 5.41) is 9.18. The van der Waals surface area contributed by atoms with Crippen molar-refractivity contribution in [3.05, 3.63) is 106 Å². The minimum absolute atomic E-state index is 0.0134. The monoisotopic (exact) mass is 782 g/mol. The second-order valence-electron chi connectivity index (χ2n) is 11.4. The number of carboxylic acids is 1. The normalized spacial score (nSPS) is 12.0. The van der Waals surface area contributed by atoms with E-state index in [-0.39, 0.29) is 75.1 Å². The molecule has 2 aliphatic carbocycles. The summed E-state index contributed by atoms with van der Waals surface area (Å²) in [4.78, 5) is 135. The number of fused-ring (bicyclic) bond motifs is 6. The Labute approximate surface area is 318 Å². The van der Waals surface area contributed by atoms with Gasteiger partial charge in [0, 0.05) is 11.1 Å². The van der Waals surface area contributed by atoms with Gasteiger partial charge in [-0.05, 0) is 24.3 Å². The van der Waals surface area contributed by atoms with Gasteiger partial charge in [0.1, 0.15) is 47.4 Å². The van der Waals surface area contributed by atoms with Crippen LogP contribution in [0.3, 0.4) is 0 Å². The third kappa shape index (κ3) is 7.24. The van der Waals surface area contributed by atoms with Crippen molar-refractivity contribution in [2.24, 2.45) is 0 Å². The molecular formula is C37H26N4O16. The smallest absolute Gasteiger partial charge is 0.356 e. The highest BCUT2D eigenvalue weighted by Gasteiger charge is 2.40. The number of rotatable bonds is 10. The zero-order valence-corrected chi connectivity index (χ0v) is 29.8. The maximum absolute atomic E-state index is 12.6.